The van der Waals surface area contributed by atoms with Crippen molar-refractivity contribution in [2.24, 2.45) is 0 Å². The first kappa shape index (κ1) is 18.4. The van der Waals surface area contributed by atoms with E-state index in [0.29, 0.717) is 11.5 Å². The monoisotopic (exact) mass is 379 g/mol. The molecule has 2 saturated heterocycles. The summed E-state index contributed by atoms with van der Waals surface area (Å²) in [6, 6.07) is 3.08. The van der Waals surface area contributed by atoms with Gasteiger partial charge in [0.15, 0.2) is 0 Å². The van der Waals surface area contributed by atoms with Crippen molar-refractivity contribution in [3.8, 4) is 11.5 Å². The van der Waals surface area contributed by atoms with Crippen molar-refractivity contribution in [1.29, 1.82) is 0 Å². The van der Waals surface area contributed by atoms with E-state index >= 15 is 0 Å². The van der Waals surface area contributed by atoms with E-state index in [1.54, 1.807) is 32.0 Å². The number of methoxy groups -OCH3 is 2. The summed E-state index contributed by atoms with van der Waals surface area (Å²) < 4.78 is 9.71. The molecular formula is C17H19N2O6S-. The first-order valence-corrected chi connectivity index (χ1v) is 8.83. The first-order chi connectivity index (χ1) is 12.2. The number of fused-ring (bicyclic) bond motifs is 1. The molecule has 2 aliphatic rings. The van der Waals surface area contributed by atoms with Crippen molar-refractivity contribution >= 4 is 29.5 Å². The summed E-state index contributed by atoms with van der Waals surface area (Å²) >= 11 is 1.33. The number of nitrogens with one attached hydrogen (secondary N) is 1. The molecular weight excluding hydrogens is 360 g/mol. The number of hydrogen-bond acceptors (Lipinski definition) is 7. The zero-order valence-electron chi connectivity index (χ0n) is 14.8. The lowest BCUT2D eigenvalue weighted by Gasteiger charge is -2.45. The SMILES string of the molecule is COc1cccc(OC)c1C(=O)N[C@H]1C(=O)N2[C@@H]1SC(C)(C)[C@@H]2C(=O)[O-]. The van der Waals surface area contributed by atoms with Crippen molar-refractivity contribution in [1.82, 2.24) is 10.2 Å². The Kier molecular flexibility index (Phi) is 4.51. The molecule has 1 aromatic carbocycles. The third-order valence-corrected chi connectivity index (χ3v) is 6.18. The van der Waals surface area contributed by atoms with Crippen LogP contribution >= 0.6 is 11.8 Å². The van der Waals surface area contributed by atoms with Gasteiger partial charge in [0.2, 0.25) is 5.91 Å². The number of rotatable bonds is 5. The van der Waals surface area contributed by atoms with Crippen LogP contribution in [-0.2, 0) is 9.59 Å². The van der Waals surface area contributed by atoms with Crippen LogP contribution in [0, 0.1) is 0 Å². The average molecular weight is 379 g/mol. The minimum absolute atomic E-state index is 0.183. The quantitative estimate of drug-likeness (QED) is 0.695. The number of hydrogen-bond donors (Lipinski definition) is 1. The van der Waals surface area contributed by atoms with E-state index in [4.69, 9.17) is 9.47 Å². The Bertz CT molecular complexity index is 758. The van der Waals surface area contributed by atoms with Crippen LogP contribution < -0.4 is 19.9 Å². The minimum Gasteiger partial charge on any atom is -0.548 e. The van der Waals surface area contributed by atoms with Crippen LogP contribution in [-0.4, -0.2) is 59.1 Å². The highest BCUT2D eigenvalue weighted by Crippen LogP contribution is 2.50. The molecule has 3 atom stereocenters. The molecule has 1 N–H and O–H groups in total. The maximum atomic E-state index is 12.7. The summed E-state index contributed by atoms with van der Waals surface area (Å²) in [4.78, 5) is 37.9. The Morgan fingerprint density at radius 3 is 2.31 bits per heavy atom. The van der Waals surface area contributed by atoms with Crippen molar-refractivity contribution in [3.63, 3.8) is 0 Å². The fraction of sp³-hybridized carbons (Fsp3) is 0.471. The summed E-state index contributed by atoms with van der Waals surface area (Å²) in [5.41, 5.74) is 0.183. The van der Waals surface area contributed by atoms with Crippen molar-refractivity contribution in [3.05, 3.63) is 23.8 Å². The highest BCUT2D eigenvalue weighted by atomic mass is 32.2. The van der Waals surface area contributed by atoms with Gasteiger partial charge in [0, 0.05) is 4.75 Å². The number of ether oxygens (including phenoxy) is 2. The average Bonchev–Trinajstić information content (AvgIpc) is 2.86. The molecule has 26 heavy (non-hydrogen) atoms. The zero-order valence-corrected chi connectivity index (χ0v) is 15.6. The van der Waals surface area contributed by atoms with Crippen LogP contribution in [0.2, 0.25) is 0 Å². The van der Waals surface area contributed by atoms with Gasteiger partial charge in [-0.2, -0.15) is 0 Å². The standard InChI is InChI=1S/C17H20N2O6S/c1-17(2)12(16(22)23)19-14(21)11(15(19)26-17)18-13(20)10-8(24-3)6-5-7-9(10)25-4/h5-7,11-12,15H,1-4H3,(H,18,20)(H,22,23)/p-1/t11-,12-,15+/m0/s1. The Morgan fingerprint density at radius 1 is 1.23 bits per heavy atom. The largest absolute Gasteiger partial charge is 0.548 e. The molecule has 9 heteroatoms. The van der Waals surface area contributed by atoms with E-state index in [0.717, 1.165) is 0 Å². The van der Waals surface area contributed by atoms with Crippen LogP contribution in [0.15, 0.2) is 18.2 Å². The van der Waals surface area contributed by atoms with E-state index in [2.05, 4.69) is 5.32 Å². The van der Waals surface area contributed by atoms with E-state index < -0.39 is 40.0 Å². The highest BCUT2D eigenvalue weighted by molar-refractivity contribution is 8.01. The number of amides is 2. The van der Waals surface area contributed by atoms with E-state index in [1.807, 2.05) is 0 Å². The Labute approximate surface area is 154 Å². The molecule has 0 aliphatic carbocycles. The summed E-state index contributed by atoms with van der Waals surface area (Å²) in [5, 5.41) is 13.7. The number of carboxylic acids is 1. The van der Waals surface area contributed by atoms with Crippen LogP contribution in [0.3, 0.4) is 0 Å². The maximum absolute atomic E-state index is 12.7. The summed E-state index contributed by atoms with van der Waals surface area (Å²) in [7, 11) is 2.86. The van der Waals surface area contributed by atoms with Gasteiger partial charge in [0.25, 0.3) is 5.91 Å². The molecule has 0 bridgehead atoms. The van der Waals surface area contributed by atoms with Gasteiger partial charge in [-0.1, -0.05) is 6.07 Å². The third kappa shape index (κ3) is 2.66. The second-order valence-corrected chi connectivity index (χ2v) is 8.34. The van der Waals surface area contributed by atoms with Gasteiger partial charge in [-0.05, 0) is 26.0 Å². The van der Waals surface area contributed by atoms with Gasteiger partial charge >= 0.3 is 0 Å². The summed E-state index contributed by atoms with van der Waals surface area (Å²) in [5.74, 6) is -1.62. The van der Waals surface area contributed by atoms with Crippen molar-refractivity contribution in [2.75, 3.05) is 14.2 Å². The minimum atomic E-state index is -1.30. The van der Waals surface area contributed by atoms with Crippen molar-refractivity contribution < 1.29 is 29.0 Å². The molecule has 2 heterocycles. The lowest BCUT2D eigenvalue weighted by molar-refractivity contribution is -0.312. The predicted octanol–water partition coefficient (Wildman–Crippen LogP) is -0.386. The molecule has 0 aromatic heterocycles. The Balaban J connectivity index is 1.83. The molecule has 8 nitrogen and oxygen atoms in total. The van der Waals surface area contributed by atoms with Gasteiger partial charge in [-0.15, -0.1) is 11.8 Å². The highest BCUT2D eigenvalue weighted by Gasteiger charge is 2.62. The van der Waals surface area contributed by atoms with E-state index in [1.165, 1.54) is 30.9 Å². The van der Waals surface area contributed by atoms with Crippen molar-refractivity contribution in [2.45, 2.75) is 36.1 Å². The van der Waals surface area contributed by atoms with Crippen LogP contribution in [0.25, 0.3) is 0 Å². The first-order valence-electron chi connectivity index (χ1n) is 7.95. The molecule has 140 valence electrons. The zero-order chi connectivity index (χ0) is 19.2. The number of β-lactam (4-membered cyclic amide) rings is 1. The van der Waals surface area contributed by atoms with Gasteiger partial charge in [-0.3, -0.25) is 9.59 Å². The fourth-order valence-electron chi connectivity index (χ4n) is 3.41. The molecule has 1 aromatic rings. The summed E-state index contributed by atoms with van der Waals surface area (Å²) in [6.45, 7) is 3.48. The Morgan fingerprint density at radius 2 is 1.81 bits per heavy atom. The molecule has 3 rings (SSSR count). The molecule has 2 aliphatic heterocycles. The maximum Gasteiger partial charge on any atom is 0.259 e. The second kappa shape index (κ2) is 6.39. The lowest BCUT2D eigenvalue weighted by Crippen LogP contribution is -2.71. The van der Waals surface area contributed by atoms with Crippen LogP contribution in [0.1, 0.15) is 24.2 Å². The lowest BCUT2D eigenvalue weighted by atomic mass is 9.96. The number of benzene rings is 1. The molecule has 0 spiro atoms. The summed E-state index contributed by atoms with van der Waals surface area (Å²) in [6.07, 6.45) is 0. The third-order valence-electron chi connectivity index (χ3n) is 4.61. The molecule has 2 amide bonds. The molecule has 0 radical (unpaired) electrons. The number of thioether (sulfide) groups is 1. The van der Waals surface area contributed by atoms with Crippen LogP contribution in [0.5, 0.6) is 11.5 Å². The number of carboxylic acid groups (broad SMARTS) is 1. The van der Waals surface area contributed by atoms with Gasteiger partial charge in [0.05, 0.1) is 26.2 Å². The molecule has 0 unspecified atom stereocenters. The predicted molar refractivity (Wildman–Crippen MR) is 91.9 cm³/mol. The number of nitrogens with zero attached hydrogens (tertiary/aromatic N) is 1. The van der Waals surface area contributed by atoms with Gasteiger partial charge < -0.3 is 29.6 Å². The van der Waals surface area contributed by atoms with E-state index in [-0.39, 0.29) is 5.56 Å². The number of aliphatic carboxylic acids is 1. The Hall–Kier alpha value is -2.42. The smallest absolute Gasteiger partial charge is 0.259 e. The topological polar surface area (TPSA) is 108 Å². The second-order valence-electron chi connectivity index (χ2n) is 6.57. The normalized spacial score (nSPS) is 25.9. The van der Waals surface area contributed by atoms with Crippen LogP contribution in [0.4, 0.5) is 0 Å². The molecule has 2 fully saturated rings. The molecule has 0 saturated carbocycles. The van der Waals surface area contributed by atoms with Gasteiger partial charge in [0.1, 0.15) is 28.5 Å². The fourth-order valence-corrected chi connectivity index (χ4v) is 5.04. The number of carbonyl (C=O) groups is 3. The van der Waals surface area contributed by atoms with Gasteiger partial charge in [-0.25, -0.2) is 0 Å². The van der Waals surface area contributed by atoms with E-state index in [9.17, 15) is 19.5 Å². The number of carbonyl (C=O) groups excluding carboxylic acids is 3.